The highest BCUT2D eigenvalue weighted by atomic mass is 35.5. The van der Waals surface area contributed by atoms with Gasteiger partial charge in [-0.2, -0.15) is 0 Å². The Bertz CT molecular complexity index is 1200. The van der Waals surface area contributed by atoms with Crippen molar-refractivity contribution in [2.24, 2.45) is 4.99 Å². The van der Waals surface area contributed by atoms with Crippen molar-refractivity contribution in [3.05, 3.63) is 98.6 Å². The molecule has 0 atom stereocenters. The van der Waals surface area contributed by atoms with Gasteiger partial charge in [0.15, 0.2) is 5.17 Å². The van der Waals surface area contributed by atoms with Gasteiger partial charge >= 0.3 is 0 Å². The Balaban J connectivity index is 1.47. The molecule has 0 aliphatic carbocycles. The zero-order valence-corrected chi connectivity index (χ0v) is 18.3. The number of nitrogens with zero attached hydrogens (tertiary/aromatic N) is 1. The van der Waals surface area contributed by atoms with Crippen LogP contribution in [0, 0.1) is 5.82 Å². The normalized spacial score (nSPS) is 16.0. The van der Waals surface area contributed by atoms with Crippen LogP contribution in [-0.4, -0.2) is 11.1 Å². The van der Waals surface area contributed by atoms with E-state index in [4.69, 9.17) is 27.9 Å². The molecule has 1 N–H and O–H groups in total. The van der Waals surface area contributed by atoms with Gasteiger partial charge in [-0.15, -0.1) is 0 Å². The third-order valence-corrected chi connectivity index (χ3v) is 6.00. The molecule has 1 aliphatic rings. The molecule has 4 nitrogen and oxygen atoms in total. The third kappa shape index (κ3) is 5.47. The molecule has 0 saturated carbocycles. The van der Waals surface area contributed by atoms with Crippen LogP contribution in [0.4, 0.5) is 10.1 Å². The fraction of sp³-hybridized carbons (Fsp3) is 0.0435. The van der Waals surface area contributed by atoms with E-state index in [0.29, 0.717) is 38.2 Å². The van der Waals surface area contributed by atoms with Crippen LogP contribution in [0.5, 0.6) is 5.75 Å². The lowest BCUT2D eigenvalue weighted by atomic mass is 10.2. The molecule has 0 radical (unpaired) electrons. The predicted molar refractivity (Wildman–Crippen MR) is 124 cm³/mol. The van der Waals surface area contributed by atoms with Gasteiger partial charge in [-0.05, 0) is 65.4 Å². The summed E-state index contributed by atoms with van der Waals surface area (Å²) in [6.07, 6.45) is 1.76. The fourth-order valence-electron chi connectivity index (χ4n) is 2.76. The van der Waals surface area contributed by atoms with Crippen LogP contribution in [0.15, 0.2) is 76.6 Å². The number of ether oxygens (including phenoxy) is 1. The summed E-state index contributed by atoms with van der Waals surface area (Å²) in [4.78, 5) is 17.2. The topological polar surface area (TPSA) is 50.7 Å². The van der Waals surface area contributed by atoms with Gasteiger partial charge in [0.1, 0.15) is 18.2 Å². The van der Waals surface area contributed by atoms with Crippen LogP contribution in [0.3, 0.4) is 0 Å². The van der Waals surface area contributed by atoms with Crippen molar-refractivity contribution in [1.29, 1.82) is 0 Å². The number of halogens is 3. The quantitative estimate of drug-likeness (QED) is 0.425. The summed E-state index contributed by atoms with van der Waals surface area (Å²) >= 11 is 13.4. The van der Waals surface area contributed by atoms with E-state index in [9.17, 15) is 9.18 Å². The van der Waals surface area contributed by atoms with E-state index >= 15 is 0 Å². The average Bonchev–Trinajstić information content (AvgIpc) is 3.10. The van der Waals surface area contributed by atoms with Crippen molar-refractivity contribution in [3.8, 4) is 5.75 Å². The molecule has 1 amide bonds. The maximum absolute atomic E-state index is 13.0. The number of amides is 1. The summed E-state index contributed by atoms with van der Waals surface area (Å²) in [5.41, 5.74) is 2.14. The van der Waals surface area contributed by atoms with E-state index in [1.807, 2.05) is 24.3 Å². The van der Waals surface area contributed by atoms with Crippen LogP contribution in [0.25, 0.3) is 6.08 Å². The molecule has 3 aromatic carbocycles. The molecular weight excluding hydrogens is 458 g/mol. The van der Waals surface area contributed by atoms with Gasteiger partial charge in [-0.3, -0.25) is 4.79 Å². The zero-order chi connectivity index (χ0) is 21.8. The molecular formula is C23H15Cl2FN2O2S. The van der Waals surface area contributed by atoms with Crippen LogP contribution >= 0.6 is 35.0 Å². The van der Waals surface area contributed by atoms with E-state index in [-0.39, 0.29) is 11.7 Å². The van der Waals surface area contributed by atoms with E-state index in [1.165, 1.54) is 23.9 Å². The van der Waals surface area contributed by atoms with Crippen molar-refractivity contribution in [1.82, 2.24) is 5.32 Å². The second kappa shape index (κ2) is 9.56. The molecule has 3 aromatic rings. The number of carbonyl (C=O) groups excluding carboxylic acids is 1. The first-order valence-corrected chi connectivity index (χ1v) is 10.8. The molecule has 0 spiro atoms. The maximum atomic E-state index is 13.0. The van der Waals surface area contributed by atoms with Crippen LogP contribution in [0.1, 0.15) is 11.1 Å². The van der Waals surface area contributed by atoms with Crippen molar-refractivity contribution in [2.45, 2.75) is 6.61 Å². The lowest BCUT2D eigenvalue weighted by molar-refractivity contribution is -0.115. The molecule has 1 heterocycles. The lowest BCUT2D eigenvalue weighted by Crippen LogP contribution is -2.19. The van der Waals surface area contributed by atoms with Gasteiger partial charge in [0, 0.05) is 0 Å². The highest BCUT2D eigenvalue weighted by Crippen LogP contribution is 2.34. The Morgan fingerprint density at radius 1 is 1.06 bits per heavy atom. The van der Waals surface area contributed by atoms with E-state index in [0.717, 1.165) is 11.1 Å². The standard InChI is InChI=1S/C23H15Cl2FN2O2S/c24-18-5-2-6-19(21(18)25)27-23-28-22(29)20(31-23)12-15-3-1-4-17(11-15)30-13-14-7-9-16(26)10-8-14/h1-12H,13H2,(H,27,28,29)/b20-12+. The highest BCUT2D eigenvalue weighted by Gasteiger charge is 2.24. The second-order valence-corrected chi connectivity index (χ2v) is 8.36. The predicted octanol–water partition coefficient (Wildman–Crippen LogP) is 6.60. The minimum Gasteiger partial charge on any atom is -0.489 e. The minimum absolute atomic E-state index is 0.250. The third-order valence-electron chi connectivity index (χ3n) is 4.28. The molecule has 0 bridgehead atoms. The molecule has 0 unspecified atom stereocenters. The van der Waals surface area contributed by atoms with Crippen molar-refractivity contribution in [3.63, 3.8) is 0 Å². The Kier molecular flexibility index (Phi) is 6.61. The van der Waals surface area contributed by atoms with Crippen LogP contribution in [-0.2, 0) is 11.4 Å². The summed E-state index contributed by atoms with van der Waals surface area (Å²) in [5.74, 6) is 0.103. The number of hydrogen-bond acceptors (Lipinski definition) is 4. The van der Waals surface area contributed by atoms with Crippen LogP contribution in [0.2, 0.25) is 10.0 Å². The summed E-state index contributed by atoms with van der Waals surface area (Å²) < 4.78 is 18.8. The van der Waals surface area contributed by atoms with Gasteiger partial charge in [0.05, 0.1) is 20.6 Å². The number of rotatable bonds is 5. The Hall–Kier alpha value is -2.80. The van der Waals surface area contributed by atoms with E-state index in [1.54, 1.807) is 36.4 Å². The molecule has 1 aliphatic heterocycles. The minimum atomic E-state index is -0.287. The van der Waals surface area contributed by atoms with Crippen molar-refractivity contribution >= 4 is 57.8 Å². The van der Waals surface area contributed by atoms with Gasteiger partial charge < -0.3 is 10.1 Å². The first kappa shape index (κ1) is 21.4. The molecule has 156 valence electrons. The van der Waals surface area contributed by atoms with Crippen molar-refractivity contribution in [2.75, 3.05) is 0 Å². The Morgan fingerprint density at radius 2 is 1.84 bits per heavy atom. The SMILES string of the molecule is O=C1NC(=Nc2cccc(Cl)c2Cl)S/C1=C/c1cccc(OCc2ccc(F)cc2)c1. The smallest absolute Gasteiger partial charge is 0.264 e. The first-order valence-electron chi connectivity index (χ1n) is 9.19. The van der Waals surface area contributed by atoms with Gasteiger partial charge in [0.25, 0.3) is 5.91 Å². The van der Waals surface area contributed by atoms with E-state index < -0.39 is 0 Å². The number of carbonyl (C=O) groups is 1. The summed E-state index contributed by atoms with van der Waals surface area (Å²) in [6, 6.07) is 18.6. The second-order valence-electron chi connectivity index (χ2n) is 6.54. The number of hydrogen-bond donors (Lipinski definition) is 1. The number of nitrogens with one attached hydrogen (secondary N) is 1. The number of amidine groups is 1. The number of aliphatic imine (C=N–C) groups is 1. The molecule has 31 heavy (non-hydrogen) atoms. The summed E-state index contributed by atoms with van der Waals surface area (Å²) in [5, 5.41) is 3.87. The molecule has 1 saturated heterocycles. The van der Waals surface area contributed by atoms with Gasteiger partial charge in [0.2, 0.25) is 0 Å². The monoisotopic (exact) mass is 472 g/mol. The Morgan fingerprint density at radius 3 is 2.65 bits per heavy atom. The maximum Gasteiger partial charge on any atom is 0.264 e. The fourth-order valence-corrected chi connectivity index (χ4v) is 3.93. The largest absolute Gasteiger partial charge is 0.489 e. The average molecular weight is 473 g/mol. The molecule has 0 aromatic heterocycles. The number of benzene rings is 3. The Labute approximate surface area is 192 Å². The van der Waals surface area contributed by atoms with E-state index in [2.05, 4.69) is 10.3 Å². The number of thioether (sulfide) groups is 1. The zero-order valence-electron chi connectivity index (χ0n) is 15.9. The molecule has 8 heteroatoms. The highest BCUT2D eigenvalue weighted by molar-refractivity contribution is 8.18. The van der Waals surface area contributed by atoms with Gasteiger partial charge in [-0.1, -0.05) is 53.5 Å². The lowest BCUT2D eigenvalue weighted by Gasteiger charge is -2.07. The van der Waals surface area contributed by atoms with Crippen LogP contribution < -0.4 is 10.1 Å². The summed E-state index contributed by atoms with van der Waals surface area (Å²) in [6.45, 7) is 0.312. The summed E-state index contributed by atoms with van der Waals surface area (Å²) in [7, 11) is 0. The van der Waals surface area contributed by atoms with Gasteiger partial charge in [-0.25, -0.2) is 9.38 Å². The molecule has 1 fully saturated rings. The molecule has 4 rings (SSSR count). The first-order chi connectivity index (χ1) is 15.0. The van der Waals surface area contributed by atoms with Crippen molar-refractivity contribution < 1.29 is 13.9 Å².